The SMILES string of the molecule is COc1cccc2cc(C(=O)Nc3ccc4[nH]c(C(=O)N5C[C@@H](CCl)c6c5cc(OC(=O)N5CCOC(CO[Si](C)(C)C(C)(C)C)C5)c5[nH]c(C(F)(F)F)c(C(=O)O)c65)cc4c3)oc12. The first-order valence-electron chi connectivity index (χ1n) is 20.3. The maximum Gasteiger partial charge on any atom is 0.432 e. The molecule has 6 aromatic rings. The summed E-state index contributed by atoms with van der Waals surface area (Å²) in [5, 5.41) is 13.8. The van der Waals surface area contributed by atoms with E-state index in [0.717, 1.165) is 0 Å². The molecule has 338 valence electrons. The summed E-state index contributed by atoms with van der Waals surface area (Å²) in [5.74, 6) is -4.00. The number of ether oxygens (including phenoxy) is 3. The van der Waals surface area contributed by atoms with Gasteiger partial charge in [-0.1, -0.05) is 32.9 Å². The van der Waals surface area contributed by atoms with Gasteiger partial charge in [0.05, 0.1) is 49.7 Å². The van der Waals surface area contributed by atoms with E-state index < -0.39 is 72.9 Å². The molecule has 2 aliphatic rings. The Morgan fingerprint density at radius 1 is 1.00 bits per heavy atom. The van der Waals surface area contributed by atoms with Gasteiger partial charge in [0.1, 0.15) is 11.4 Å². The molecule has 64 heavy (non-hydrogen) atoms. The van der Waals surface area contributed by atoms with E-state index in [9.17, 15) is 37.5 Å². The zero-order chi connectivity index (χ0) is 46.0. The van der Waals surface area contributed by atoms with E-state index in [2.05, 4.69) is 49.1 Å². The molecule has 3 aromatic heterocycles. The van der Waals surface area contributed by atoms with Crippen LogP contribution in [0.2, 0.25) is 18.1 Å². The second-order valence-electron chi connectivity index (χ2n) is 17.3. The molecule has 2 atom stereocenters. The number of aromatic carboxylic acids is 1. The fourth-order valence-electron chi connectivity index (χ4n) is 7.86. The monoisotopic (exact) mass is 923 g/mol. The van der Waals surface area contributed by atoms with Crippen LogP contribution >= 0.6 is 11.6 Å². The first-order chi connectivity index (χ1) is 30.2. The number of carbonyl (C=O) groups excluding carboxylic acids is 3. The van der Waals surface area contributed by atoms with E-state index in [-0.39, 0.29) is 71.9 Å². The molecule has 3 aromatic carbocycles. The number of methoxy groups -OCH3 is 1. The van der Waals surface area contributed by atoms with Crippen LogP contribution in [-0.2, 0) is 15.3 Å². The van der Waals surface area contributed by atoms with Gasteiger partial charge in [-0.25, -0.2) is 9.59 Å². The van der Waals surface area contributed by atoms with Crippen molar-refractivity contribution in [3.63, 3.8) is 0 Å². The number of carboxylic acids is 1. The fraction of sp³-hybridized carbons (Fsp3) is 0.364. The Bertz CT molecular complexity index is 2850. The molecule has 5 heterocycles. The van der Waals surface area contributed by atoms with Crippen molar-refractivity contribution in [3.8, 4) is 11.5 Å². The molecule has 3 amide bonds. The highest BCUT2D eigenvalue weighted by atomic mass is 35.5. The van der Waals surface area contributed by atoms with Crippen molar-refractivity contribution in [2.45, 2.75) is 57.1 Å². The maximum absolute atomic E-state index is 14.6. The number of aromatic nitrogens is 2. The summed E-state index contributed by atoms with van der Waals surface area (Å²) in [7, 11) is -0.686. The Labute approximate surface area is 369 Å². The third kappa shape index (κ3) is 8.16. The highest BCUT2D eigenvalue weighted by molar-refractivity contribution is 6.74. The van der Waals surface area contributed by atoms with Gasteiger partial charge in [0, 0.05) is 58.3 Å². The molecule has 8 rings (SSSR count). The maximum atomic E-state index is 14.6. The number of H-pyrrole nitrogens is 2. The van der Waals surface area contributed by atoms with Crippen LogP contribution in [0.1, 0.15) is 69.3 Å². The topological polar surface area (TPSA) is 189 Å². The van der Waals surface area contributed by atoms with Crippen LogP contribution in [0.5, 0.6) is 11.5 Å². The average molecular weight is 924 g/mol. The second-order valence-corrected chi connectivity index (χ2v) is 22.4. The Kier molecular flexibility index (Phi) is 11.5. The molecule has 2 aliphatic heterocycles. The standard InChI is InChI=1S/C44H45ClF3N5O10Si/c1-43(2,3)64(5,6)61-21-26-20-52(12-13-60-26)42(58)63-31-17-29-33(34-35(41(56)57)38(44(46,47)48)51-36(31)34)24(18-45)19-53(29)40(55)28-15-23-14-25(10-11-27(23)50-28)49-39(54)32-16-22-8-7-9-30(59-4)37(22)62-32/h7-11,14-17,24,26,50-51H,12-13,18-21H2,1-6H3,(H,49,54)(H,56,57)/t24-,26?/m1/s1. The van der Waals surface area contributed by atoms with E-state index in [1.807, 2.05) is 0 Å². The van der Waals surface area contributed by atoms with Gasteiger partial charge >= 0.3 is 18.2 Å². The zero-order valence-corrected chi connectivity index (χ0v) is 37.4. The van der Waals surface area contributed by atoms with Crippen molar-refractivity contribution in [2.75, 3.05) is 56.1 Å². The van der Waals surface area contributed by atoms with E-state index in [1.54, 1.807) is 42.5 Å². The molecule has 0 radical (unpaired) electrons. The summed E-state index contributed by atoms with van der Waals surface area (Å²) < 4.78 is 72.8. The first kappa shape index (κ1) is 44.6. The van der Waals surface area contributed by atoms with Crippen molar-refractivity contribution in [3.05, 3.63) is 82.9 Å². The molecule has 4 N–H and O–H groups in total. The minimum Gasteiger partial charge on any atom is -0.493 e. The van der Waals surface area contributed by atoms with E-state index >= 15 is 0 Å². The molecule has 0 aliphatic carbocycles. The van der Waals surface area contributed by atoms with Gasteiger partial charge < -0.3 is 53.2 Å². The molecule has 15 nitrogen and oxygen atoms in total. The predicted molar refractivity (Wildman–Crippen MR) is 235 cm³/mol. The number of carboxylic acid groups (broad SMARTS) is 1. The van der Waals surface area contributed by atoms with E-state index in [4.69, 9.17) is 34.7 Å². The van der Waals surface area contributed by atoms with Crippen LogP contribution in [0.3, 0.4) is 0 Å². The summed E-state index contributed by atoms with van der Waals surface area (Å²) >= 11 is 6.42. The van der Waals surface area contributed by atoms with Crippen LogP contribution in [0.15, 0.2) is 59.0 Å². The number of amides is 3. The number of hydrogen-bond acceptors (Lipinski definition) is 9. The van der Waals surface area contributed by atoms with Gasteiger partial charge in [-0.3, -0.25) is 9.59 Å². The quantitative estimate of drug-likeness (QED) is 0.0761. The summed E-state index contributed by atoms with van der Waals surface area (Å²) in [6, 6.07) is 14.6. The number of benzene rings is 3. The fourth-order valence-corrected chi connectivity index (χ4v) is 9.15. The Morgan fingerprint density at radius 2 is 1.77 bits per heavy atom. The van der Waals surface area contributed by atoms with Crippen molar-refractivity contribution in [1.82, 2.24) is 14.9 Å². The van der Waals surface area contributed by atoms with Gasteiger partial charge in [-0.05, 0) is 60.1 Å². The zero-order valence-electron chi connectivity index (χ0n) is 35.6. The lowest BCUT2D eigenvalue weighted by Crippen LogP contribution is -2.50. The number of furan rings is 1. The van der Waals surface area contributed by atoms with Crippen LogP contribution in [-0.4, -0.2) is 104 Å². The van der Waals surface area contributed by atoms with Crippen LogP contribution in [0.25, 0.3) is 32.8 Å². The van der Waals surface area contributed by atoms with Crippen LogP contribution in [0.4, 0.5) is 29.3 Å². The van der Waals surface area contributed by atoms with Gasteiger partial charge in [0.2, 0.25) is 0 Å². The number of fused-ring (bicyclic) bond motifs is 5. The summed E-state index contributed by atoms with van der Waals surface area (Å²) in [5.41, 5.74) is -1.60. The predicted octanol–water partition coefficient (Wildman–Crippen LogP) is 9.58. The van der Waals surface area contributed by atoms with E-state index in [1.165, 1.54) is 29.0 Å². The highest BCUT2D eigenvalue weighted by Crippen LogP contribution is 2.50. The van der Waals surface area contributed by atoms with E-state index in [0.29, 0.717) is 33.3 Å². The number of nitrogens with zero attached hydrogens (tertiary/aromatic N) is 2. The number of hydrogen-bond donors (Lipinski definition) is 4. The summed E-state index contributed by atoms with van der Waals surface area (Å²) in [6.07, 6.45) is -6.60. The molecule has 1 fully saturated rings. The Balaban J connectivity index is 1.11. The normalized spacial score (nSPS) is 17.0. The molecule has 0 spiro atoms. The molecular formula is C44H45ClF3N5O10Si. The van der Waals surface area contributed by atoms with Crippen molar-refractivity contribution < 1.29 is 60.5 Å². The number of nitrogens with one attached hydrogen (secondary N) is 3. The summed E-state index contributed by atoms with van der Waals surface area (Å²) in [4.78, 5) is 62.1. The van der Waals surface area contributed by atoms with Crippen molar-refractivity contribution in [1.29, 1.82) is 0 Å². The molecule has 20 heteroatoms. The number of alkyl halides is 4. The van der Waals surface area contributed by atoms with Gasteiger partial charge in [0.15, 0.2) is 31.2 Å². The summed E-state index contributed by atoms with van der Waals surface area (Å²) in [6.45, 7) is 10.8. The van der Waals surface area contributed by atoms with Gasteiger partial charge in [-0.2, -0.15) is 13.2 Å². The minimum atomic E-state index is -5.16. The molecule has 1 saturated heterocycles. The Morgan fingerprint density at radius 3 is 2.45 bits per heavy atom. The lowest BCUT2D eigenvalue weighted by Gasteiger charge is -2.39. The number of anilines is 2. The number of rotatable bonds is 10. The number of halogens is 4. The van der Waals surface area contributed by atoms with Crippen LogP contribution in [0, 0.1) is 0 Å². The first-order valence-corrected chi connectivity index (χ1v) is 23.8. The lowest BCUT2D eigenvalue weighted by atomic mass is 9.95. The van der Waals surface area contributed by atoms with Gasteiger partial charge in [-0.15, -0.1) is 11.6 Å². The number of para-hydroxylation sites is 1. The highest BCUT2D eigenvalue weighted by Gasteiger charge is 2.44. The second kappa shape index (κ2) is 16.5. The molecule has 0 saturated carbocycles. The van der Waals surface area contributed by atoms with Crippen molar-refractivity contribution >= 4 is 87.9 Å². The number of carbonyl (C=O) groups is 4. The molecular weight excluding hydrogens is 879 g/mol. The third-order valence-corrected chi connectivity index (χ3v) is 17.1. The minimum absolute atomic E-state index is 0.0119. The molecule has 0 bridgehead atoms. The van der Waals surface area contributed by atoms with Gasteiger partial charge in [0.25, 0.3) is 11.8 Å². The van der Waals surface area contributed by atoms with Crippen LogP contribution < -0.4 is 19.7 Å². The third-order valence-electron chi connectivity index (χ3n) is 12.2. The smallest absolute Gasteiger partial charge is 0.432 e. The van der Waals surface area contributed by atoms with Crippen molar-refractivity contribution in [2.24, 2.45) is 0 Å². The number of aromatic amines is 2. The largest absolute Gasteiger partial charge is 0.493 e. The average Bonchev–Trinajstić information content (AvgIpc) is 4.04. The number of morpholine rings is 1. The Hall–Kier alpha value is -6.02. The molecule has 1 unspecified atom stereocenters. The lowest BCUT2D eigenvalue weighted by molar-refractivity contribution is -0.141.